The average molecular weight is 345 g/mol. The normalized spacial score (nSPS) is 18.2. The van der Waals surface area contributed by atoms with Crippen molar-refractivity contribution in [2.45, 2.75) is 38.1 Å². The third kappa shape index (κ3) is 5.28. The molecule has 1 aromatic rings. The molecule has 2 rings (SSSR count). The molecule has 0 aliphatic carbocycles. The highest BCUT2D eigenvalue weighted by molar-refractivity contribution is 7.90. The average Bonchev–Trinajstić information content (AvgIpc) is 2.99. The van der Waals surface area contributed by atoms with Crippen LogP contribution >= 0.6 is 11.3 Å². The van der Waals surface area contributed by atoms with Gasteiger partial charge < -0.3 is 10.2 Å². The molecule has 0 saturated carbocycles. The van der Waals surface area contributed by atoms with E-state index in [9.17, 15) is 13.2 Å². The van der Waals surface area contributed by atoms with E-state index in [-0.39, 0.29) is 17.8 Å². The number of urea groups is 1. The summed E-state index contributed by atoms with van der Waals surface area (Å²) in [6.45, 7) is 3.36. The Bertz CT molecular complexity index is 576. The SMILES string of the molecule is C[C@H](CCS(C)(=O)=O)NC(=O)N1CCC(c2ccsc2)CC1. The lowest BCUT2D eigenvalue weighted by molar-refractivity contribution is 0.178. The maximum Gasteiger partial charge on any atom is 0.317 e. The van der Waals surface area contributed by atoms with Crippen LogP contribution in [-0.4, -0.2) is 50.5 Å². The van der Waals surface area contributed by atoms with Crippen LogP contribution in [-0.2, 0) is 9.84 Å². The zero-order valence-corrected chi connectivity index (χ0v) is 14.8. The smallest absolute Gasteiger partial charge is 0.317 e. The molecule has 0 radical (unpaired) electrons. The van der Waals surface area contributed by atoms with Gasteiger partial charge in [-0.15, -0.1) is 0 Å². The van der Waals surface area contributed by atoms with E-state index in [1.807, 2.05) is 11.8 Å². The lowest BCUT2D eigenvalue weighted by Gasteiger charge is -2.32. The first-order valence-corrected chi connectivity index (χ1v) is 10.6. The second-order valence-electron chi connectivity index (χ2n) is 6.09. The predicted molar refractivity (Wildman–Crippen MR) is 90.2 cm³/mol. The van der Waals surface area contributed by atoms with Crippen molar-refractivity contribution in [2.75, 3.05) is 25.1 Å². The van der Waals surface area contributed by atoms with E-state index < -0.39 is 9.84 Å². The number of hydrogen-bond acceptors (Lipinski definition) is 4. The molecular formula is C15H24N2O3S2. The number of rotatable bonds is 5. The standard InChI is InChI=1S/C15H24N2O3S2/c1-12(6-10-22(2,19)20)16-15(18)17-7-3-13(4-8-17)14-5-9-21-11-14/h5,9,11-13H,3-4,6-8,10H2,1-2H3,(H,16,18)/t12-/m1/s1. The first kappa shape index (κ1) is 17.3. The minimum atomic E-state index is -2.98. The minimum Gasteiger partial charge on any atom is -0.336 e. The molecule has 1 aromatic heterocycles. The van der Waals surface area contributed by atoms with Crippen molar-refractivity contribution in [2.24, 2.45) is 0 Å². The van der Waals surface area contributed by atoms with Gasteiger partial charge in [-0.25, -0.2) is 13.2 Å². The minimum absolute atomic E-state index is 0.0789. The molecule has 22 heavy (non-hydrogen) atoms. The highest BCUT2D eigenvalue weighted by atomic mass is 32.2. The summed E-state index contributed by atoms with van der Waals surface area (Å²) in [6.07, 6.45) is 3.65. The molecule has 0 aromatic carbocycles. The van der Waals surface area contributed by atoms with Crippen molar-refractivity contribution in [1.82, 2.24) is 10.2 Å². The van der Waals surface area contributed by atoms with Crippen molar-refractivity contribution in [3.8, 4) is 0 Å². The van der Waals surface area contributed by atoms with E-state index in [0.717, 1.165) is 25.9 Å². The lowest BCUT2D eigenvalue weighted by Crippen LogP contribution is -2.47. The maximum absolute atomic E-state index is 12.2. The summed E-state index contributed by atoms with van der Waals surface area (Å²) < 4.78 is 22.3. The van der Waals surface area contributed by atoms with Gasteiger partial charge in [0.15, 0.2) is 0 Å². The van der Waals surface area contributed by atoms with E-state index in [0.29, 0.717) is 12.3 Å². The Morgan fingerprint density at radius 2 is 2.14 bits per heavy atom. The second-order valence-corrected chi connectivity index (χ2v) is 9.13. The molecule has 0 bridgehead atoms. The van der Waals surface area contributed by atoms with Crippen molar-refractivity contribution < 1.29 is 13.2 Å². The fourth-order valence-electron chi connectivity index (χ4n) is 2.69. The summed E-state index contributed by atoms with van der Waals surface area (Å²) in [7, 11) is -2.98. The number of carbonyl (C=O) groups excluding carboxylic acids is 1. The van der Waals surface area contributed by atoms with Gasteiger partial charge in [-0.2, -0.15) is 11.3 Å². The number of piperidine rings is 1. The summed E-state index contributed by atoms with van der Waals surface area (Å²) in [4.78, 5) is 14.0. The maximum atomic E-state index is 12.2. The molecular weight excluding hydrogens is 320 g/mol. The quantitative estimate of drug-likeness (QED) is 0.892. The van der Waals surface area contributed by atoms with E-state index in [1.54, 1.807) is 11.3 Å². The number of nitrogens with one attached hydrogen (secondary N) is 1. The summed E-state index contributed by atoms with van der Waals surface area (Å²) >= 11 is 1.71. The van der Waals surface area contributed by atoms with Gasteiger partial charge in [0.1, 0.15) is 9.84 Å². The third-order valence-electron chi connectivity index (χ3n) is 4.09. The summed E-state index contributed by atoms with van der Waals surface area (Å²) in [5, 5.41) is 7.18. The highest BCUT2D eigenvalue weighted by Gasteiger charge is 2.24. The van der Waals surface area contributed by atoms with Gasteiger partial charge in [-0.1, -0.05) is 0 Å². The van der Waals surface area contributed by atoms with E-state index in [2.05, 4.69) is 22.1 Å². The van der Waals surface area contributed by atoms with Crippen LogP contribution in [0.4, 0.5) is 4.79 Å². The molecule has 1 aliphatic heterocycles. The van der Waals surface area contributed by atoms with Crippen LogP contribution in [0.2, 0.25) is 0 Å². The monoisotopic (exact) mass is 344 g/mol. The van der Waals surface area contributed by atoms with Crippen LogP contribution < -0.4 is 5.32 Å². The fraction of sp³-hybridized carbons (Fsp3) is 0.667. The molecule has 5 nitrogen and oxygen atoms in total. The number of sulfone groups is 1. The fourth-order valence-corrected chi connectivity index (χ4v) is 4.21. The first-order valence-electron chi connectivity index (χ1n) is 7.60. The molecule has 1 N–H and O–H groups in total. The topological polar surface area (TPSA) is 66.5 Å². The van der Waals surface area contributed by atoms with E-state index in [4.69, 9.17) is 0 Å². The van der Waals surface area contributed by atoms with Crippen LogP contribution in [0, 0.1) is 0 Å². The Morgan fingerprint density at radius 1 is 1.45 bits per heavy atom. The van der Waals surface area contributed by atoms with Gasteiger partial charge in [0.25, 0.3) is 0 Å². The molecule has 2 amide bonds. The molecule has 0 unspecified atom stereocenters. The molecule has 1 aliphatic rings. The van der Waals surface area contributed by atoms with E-state index in [1.165, 1.54) is 11.8 Å². The van der Waals surface area contributed by atoms with Gasteiger partial charge in [0.2, 0.25) is 0 Å². The molecule has 1 fully saturated rings. The molecule has 1 atom stereocenters. The number of thiophene rings is 1. The van der Waals surface area contributed by atoms with Gasteiger partial charge in [-0.05, 0) is 54.5 Å². The van der Waals surface area contributed by atoms with Crippen molar-refractivity contribution in [1.29, 1.82) is 0 Å². The zero-order valence-electron chi connectivity index (χ0n) is 13.1. The molecule has 1 saturated heterocycles. The third-order valence-corrected chi connectivity index (χ3v) is 5.77. The van der Waals surface area contributed by atoms with Gasteiger partial charge in [-0.3, -0.25) is 0 Å². The molecule has 7 heteroatoms. The van der Waals surface area contributed by atoms with Crippen LogP contribution in [0.3, 0.4) is 0 Å². The zero-order chi connectivity index (χ0) is 16.2. The Balaban J connectivity index is 1.75. The number of nitrogens with zero attached hydrogens (tertiary/aromatic N) is 1. The van der Waals surface area contributed by atoms with Gasteiger partial charge in [0.05, 0.1) is 5.75 Å². The number of likely N-dealkylation sites (tertiary alicyclic amines) is 1. The molecule has 2 heterocycles. The van der Waals surface area contributed by atoms with Gasteiger partial charge >= 0.3 is 6.03 Å². The summed E-state index contributed by atoms with van der Waals surface area (Å²) in [5.74, 6) is 0.659. The Kier molecular flexibility index (Phi) is 5.86. The van der Waals surface area contributed by atoms with Gasteiger partial charge in [0, 0.05) is 25.4 Å². The lowest BCUT2D eigenvalue weighted by atomic mass is 9.91. The Labute approximate surface area is 136 Å². The first-order chi connectivity index (χ1) is 10.3. The van der Waals surface area contributed by atoms with Crippen LogP contribution in [0.1, 0.15) is 37.7 Å². The van der Waals surface area contributed by atoms with Crippen molar-refractivity contribution in [3.63, 3.8) is 0 Å². The highest BCUT2D eigenvalue weighted by Crippen LogP contribution is 2.29. The van der Waals surface area contributed by atoms with Crippen LogP contribution in [0.25, 0.3) is 0 Å². The van der Waals surface area contributed by atoms with E-state index >= 15 is 0 Å². The number of hydrogen-bond donors (Lipinski definition) is 1. The number of amides is 2. The molecule has 124 valence electrons. The van der Waals surface area contributed by atoms with Crippen molar-refractivity contribution in [3.05, 3.63) is 22.4 Å². The summed E-state index contributed by atoms with van der Waals surface area (Å²) in [6, 6.07) is 1.96. The van der Waals surface area contributed by atoms with Crippen LogP contribution in [0.15, 0.2) is 16.8 Å². The Hall–Kier alpha value is -1.08. The number of carbonyl (C=O) groups is 1. The molecule has 0 spiro atoms. The summed E-state index contributed by atoms with van der Waals surface area (Å²) in [5.41, 5.74) is 1.38. The Morgan fingerprint density at radius 3 is 2.68 bits per heavy atom. The van der Waals surface area contributed by atoms with Crippen molar-refractivity contribution >= 4 is 27.2 Å². The predicted octanol–water partition coefficient (Wildman–Crippen LogP) is 2.46. The largest absolute Gasteiger partial charge is 0.336 e. The van der Waals surface area contributed by atoms with Crippen LogP contribution in [0.5, 0.6) is 0 Å². The second kappa shape index (κ2) is 7.46.